The normalized spacial score (nSPS) is 35.2. The fraction of sp³-hybridized carbons (Fsp3) is 0.318. The molecule has 4 aromatic carbocycles. The van der Waals surface area contributed by atoms with Gasteiger partial charge in [0.15, 0.2) is 19.5 Å². The van der Waals surface area contributed by atoms with Crippen molar-refractivity contribution >= 4 is 134 Å². The third kappa shape index (κ3) is 4.66. The molecule has 0 saturated carbocycles. The van der Waals surface area contributed by atoms with Crippen LogP contribution in [0.4, 0.5) is 11.4 Å². The Labute approximate surface area is 408 Å². The van der Waals surface area contributed by atoms with Gasteiger partial charge in [0.1, 0.15) is 19.4 Å². The first-order chi connectivity index (χ1) is 31.2. The fourth-order valence-corrected chi connectivity index (χ4v) is 23.2. The van der Waals surface area contributed by atoms with Crippen LogP contribution in [0.3, 0.4) is 0 Å². The van der Waals surface area contributed by atoms with Crippen molar-refractivity contribution in [3.05, 3.63) is 120 Å². The molecule has 4 unspecified atom stereocenters. The van der Waals surface area contributed by atoms with Gasteiger partial charge in [-0.3, -0.25) is 29.0 Å². The minimum absolute atomic E-state index is 0.0965. The third-order valence-corrected chi connectivity index (χ3v) is 24.8. The van der Waals surface area contributed by atoms with E-state index in [1.54, 1.807) is 98.8 Å². The molecule has 4 amide bonds. The quantitative estimate of drug-likeness (QED) is 0.225. The smallest absolute Gasteiger partial charge is 0.266 e. The zero-order valence-corrected chi connectivity index (χ0v) is 41.7. The van der Waals surface area contributed by atoms with Crippen LogP contribution in [0.1, 0.15) is 37.8 Å². The number of thioether (sulfide) groups is 4. The summed E-state index contributed by atoms with van der Waals surface area (Å²) in [4.78, 5) is 61.4. The van der Waals surface area contributed by atoms with Crippen LogP contribution in [0.2, 0.25) is 0 Å². The predicted molar refractivity (Wildman–Crippen MR) is 262 cm³/mol. The number of nitrogens with zero attached hydrogens (tertiary/aromatic N) is 6. The van der Waals surface area contributed by atoms with Gasteiger partial charge in [-0.25, -0.2) is 25.4 Å². The van der Waals surface area contributed by atoms with Gasteiger partial charge < -0.3 is 9.80 Å². The van der Waals surface area contributed by atoms with Crippen molar-refractivity contribution in [1.82, 2.24) is 19.6 Å². The van der Waals surface area contributed by atoms with Gasteiger partial charge in [0.2, 0.25) is 0 Å². The first-order valence-corrected chi connectivity index (χ1v) is 27.6. The molecule has 10 heterocycles. The van der Waals surface area contributed by atoms with E-state index < -0.39 is 86.3 Å². The van der Waals surface area contributed by atoms with Gasteiger partial charge in [0, 0.05) is 26.9 Å². The van der Waals surface area contributed by atoms with Crippen LogP contribution in [0.5, 0.6) is 0 Å². The summed E-state index contributed by atoms with van der Waals surface area (Å²) >= 11 is 16.1. The lowest BCUT2D eigenvalue weighted by molar-refractivity contribution is -0.163. The average Bonchev–Trinajstić information content (AvgIpc) is 3.91. The maximum Gasteiger partial charge on any atom is 0.266 e. The van der Waals surface area contributed by atoms with E-state index in [4.69, 9.17) is 24.4 Å². The van der Waals surface area contributed by atoms with E-state index in [2.05, 4.69) is 0 Å². The molecule has 14 nitrogen and oxygen atoms in total. The van der Waals surface area contributed by atoms with Gasteiger partial charge in [-0.2, -0.15) is 0 Å². The van der Waals surface area contributed by atoms with E-state index in [1.165, 1.54) is 66.6 Å². The molecule has 8 fully saturated rings. The lowest BCUT2D eigenvalue weighted by Crippen LogP contribution is -2.73. The second-order valence-corrected chi connectivity index (χ2v) is 29.2. The predicted octanol–water partition coefficient (Wildman–Crippen LogP) is 5.70. The monoisotopic (exact) mass is 1030 g/mol. The van der Waals surface area contributed by atoms with Crippen LogP contribution in [-0.4, -0.2) is 113 Å². The molecule has 8 atom stereocenters. The molecule has 14 rings (SSSR count). The van der Waals surface area contributed by atoms with E-state index >= 15 is 36.0 Å². The van der Waals surface area contributed by atoms with Crippen molar-refractivity contribution in [2.75, 3.05) is 22.7 Å². The van der Waals surface area contributed by atoms with E-state index in [9.17, 15) is 0 Å². The molecule has 8 saturated heterocycles. The van der Waals surface area contributed by atoms with Crippen molar-refractivity contribution in [3.8, 4) is 0 Å². The molecule has 338 valence electrons. The zero-order valence-electron chi connectivity index (χ0n) is 35.2. The number of hydrogen-bond donors (Lipinski definition) is 0. The molecule has 4 aromatic rings. The summed E-state index contributed by atoms with van der Waals surface area (Å²) in [6.07, 6.45) is -3.80. The minimum atomic E-state index is -4.68. The first-order valence-electron chi connectivity index (χ1n) is 20.7. The Morgan fingerprint density at radius 3 is 1.20 bits per heavy atom. The Kier molecular flexibility index (Phi) is 8.71. The Hall–Kier alpha value is -4.16. The summed E-state index contributed by atoms with van der Waals surface area (Å²) in [5.41, 5.74) is -2.50. The minimum Gasteiger partial charge on any atom is -0.320 e. The van der Waals surface area contributed by atoms with Crippen molar-refractivity contribution in [2.24, 2.45) is 0 Å². The van der Waals surface area contributed by atoms with Crippen LogP contribution in [0.15, 0.2) is 119 Å². The number of benzene rings is 4. The maximum atomic E-state index is 15.9. The van der Waals surface area contributed by atoms with Crippen molar-refractivity contribution in [3.63, 3.8) is 0 Å². The molecule has 66 heavy (non-hydrogen) atoms. The number of hydrogen-bond acceptors (Lipinski definition) is 14. The van der Waals surface area contributed by atoms with Crippen LogP contribution in [-0.2, 0) is 50.1 Å². The molecule has 0 aliphatic carbocycles. The zero-order chi connectivity index (χ0) is 46.5. The van der Waals surface area contributed by atoms with Gasteiger partial charge in [-0.1, -0.05) is 144 Å². The largest absolute Gasteiger partial charge is 0.320 e. The van der Waals surface area contributed by atoms with E-state index in [0.29, 0.717) is 11.1 Å². The number of fused-ring (bicyclic) bond motifs is 13. The van der Waals surface area contributed by atoms with Crippen LogP contribution >= 0.6 is 71.5 Å². The van der Waals surface area contributed by atoms with Crippen molar-refractivity contribution in [2.45, 2.75) is 79.1 Å². The molecule has 22 heteroatoms. The number of sulfonamides is 2. The van der Waals surface area contributed by atoms with E-state index in [1.807, 2.05) is 0 Å². The molecule has 10 aliphatic rings. The summed E-state index contributed by atoms with van der Waals surface area (Å²) in [7, 11) is -6.29. The van der Waals surface area contributed by atoms with Crippen LogP contribution in [0, 0.1) is 0 Å². The summed E-state index contributed by atoms with van der Waals surface area (Å²) in [6.45, 7) is 3.19. The number of anilines is 2. The fourth-order valence-electron chi connectivity index (χ4n) is 12.2. The summed E-state index contributed by atoms with van der Waals surface area (Å²) in [5.74, 6) is -2.17. The van der Waals surface area contributed by atoms with Crippen LogP contribution in [0.25, 0.3) is 0 Å². The number of rotatable bonds is 5. The van der Waals surface area contributed by atoms with Gasteiger partial charge in [-0.05, 0) is 61.4 Å². The Balaban J connectivity index is 1.27. The van der Waals surface area contributed by atoms with Gasteiger partial charge in [-0.15, -0.1) is 0 Å². The highest BCUT2D eigenvalue weighted by atomic mass is 32.2. The molecule has 0 N–H and O–H groups in total. The number of para-hydroxylation sites is 2. The summed E-state index contributed by atoms with van der Waals surface area (Å²) in [6, 6.07) is 29.3. The van der Waals surface area contributed by atoms with E-state index in [-0.39, 0.29) is 41.1 Å². The molecule has 10 aliphatic heterocycles. The van der Waals surface area contributed by atoms with Crippen molar-refractivity contribution < 1.29 is 36.0 Å². The van der Waals surface area contributed by atoms with Crippen molar-refractivity contribution in [1.29, 1.82) is 0 Å². The highest BCUT2D eigenvalue weighted by molar-refractivity contribution is 8.49. The average molecular weight is 1030 g/mol. The number of amides is 4. The topological polar surface area (TPSA) is 156 Å². The number of piperazine rings is 2. The van der Waals surface area contributed by atoms with Gasteiger partial charge in [0.05, 0.1) is 32.0 Å². The van der Waals surface area contributed by atoms with Crippen LogP contribution < -0.4 is 8.61 Å². The highest BCUT2D eigenvalue weighted by Crippen LogP contribution is 2.78. The Bertz CT molecular complexity index is 3010. The lowest BCUT2D eigenvalue weighted by atomic mass is 9.54. The highest BCUT2D eigenvalue weighted by Gasteiger charge is 2.89. The molecular weight excluding hydrogens is 997 g/mol. The number of carbonyl (C=O) groups excluding carboxylic acids is 4. The van der Waals surface area contributed by atoms with E-state index in [0.717, 1.165) is 47.0 Å². The summed E-state index contributed by atoms with van der Waals surface area (Å²) < 4.78 is 66.4. The van der Waals surface area contributed by atoms with Gasteiger partial charge >= 0.3 is 0 Å². The lowest BCUT2D eigenvalue weighted by Gasteiger charge is -2.52. The standard InChI is InChI=1S/C44H36N6O8S8/c1-39-33(51)47-31-41(23-43(47,35(53)45(39)3)63-37(59)61-39,27-19-11-13-21-29(27)49(31)65(55,56)25-15-7-5-8-16-25)42-24-44-36(54)46(4)40(2,62-38(60)64-44)34(52)48(44)32(42)50(30-22-14-12-20-28(30)42)66(57,58)26-17-9-6-10-18-26/h5-22,31-32H,23-24H2,1-4H3/t31-,32-,39+,40+,41?,42?,43?,44?/m0/s1. The molecular formula is C44H36N6O8S8. The second-order valence-electron chi connectivity index (χ2n) is 17.8. The second kappa shape index (κ2) is 13.3. The molecule has 0 aromatic heterocycles. The Morgan fingerprint density at radius 2 is 0.833 bits per heavy atom. The molecule has 2 spiro atoms. The Morgan fingerprint density at radius 1 is 0.500 bits per heavy atom. The maximum absolute atomic E-state index is 15.9. The third-order valence-electron chi connectivity index (χ3n) is 15.1. The van der Waals surface area contributed by atoms with Gasteiger partial charge in [0.25, 0.3) is 43.7 Å². The number of thiocarbonyl (C=S) groups is 2. The summed E-state index contributed by atoms with van der Waals surface area (Å²) in [5, 5.41) is 0. The number of likely N-dealkylation sites (N-methyl/N-ethyl adjacent to an activating group) is 2. The number of carbonyl (C=O) groups is 4. The first kappa shape index (κ1) is 43.1. The molecule has 4 bridgehead atoms. The molecule has 0 radical (unpaired) electrons. The SMILES string of the molecule is CN1C(=O)C23CC4(C56CC78SC(=S)S[C@](C)(C(=O)N7[C@H]5N(S(=O)(=O)c5ccccc5)c5ccccc56)N(C)C8=O)c5ccccc5N(S(=O)(=O)c5ccccc5)[C@@H]4N2C(=O)[C@@]1(C)SC(=S)S3.